The maximum Gasteiger partial charge on any atom is 0.226 e. The van der Waals surface area contributed by atoms with Gasteiger partial charge in [-0.3, -0.25) is 0 Å². The number of halogens is 1. The first-order valence-corrected chi connectivity index (χ1v) is 5.99. The summed E-state index contributed by atoms with van der Waals surface area (Å²) in [7, 11) is 0. The molecule has 0 radical (unpaired) electrons. The van der Waals surface area contributed by atoms with E-state index in [1.807, 2.05) is 36.4 Å². The molecular weight excluding hydrogens is 309 g/mol. The predicted molar refractivity (Wildman–Crippen MR) is 65.6 cm³/mol. The highest BCUT2D eigenvalue weighted by atomic mass is 127. The Morgan fingerprint density at radius 2 is 2.07 bits per heavy atom. The summed E-state index contributed by atoms with van der Waals surface area (Å²) in [4.78, 5) is 0. The Bertz CT molecular complexity index is 402. The number of ether oxygens (including phenoxy) is 1. The molecule has 4 heteroatoms. The molecule has 1 heterocycles. The van der Waals surface area contributed by atoms with Gasteiger partial charge < -0.3 is 4.74 Å². The lowest BCUT2D eigenvalue weighted by molar-refractivity contribution is 0.297. The smallest absolute Gasteiger partial charge is 0.226 e. The van der Waals surface area contributed by atoms with Gasteiger partial charge in [0.15, 0.2) is 0 Å². The summed E-state index contributed by atoms with van der Waals surface area (Å²) in [5, 5.41) is 0. The van der Waals surface area contributed by atoms with Gasteiger partial charge in [-0.1, -0.05) is 30.3 Å². The SMILES string of the molecule is Ic1cc(OCc2ccccc2)ns1. The van der Waals surface area contributed by atoms with Crippen molar-refractivity contribution in [1.29, 1.82) is 0 Å². The van der Waals surface area contributed by atoms with Gasteiger partial charge in [-0.2, -0.15) is 4.37 Å². The number of hydrogen-bond donors (Lipinski definition) is 0. The molecule has 0 unspecified atom stereocenters. The highest BCUT2D eigenvalue weighted by Crippen LogP contribution is 2.18. The maximum absolute atomic E-state index is 5.51. The number of aromatic nitrogens is 1. The van der Waals surface area contributed by atoms with Crippen LogP contribution in [0.1, 0.15) is 5.56 Å². The molecule has 14 heavy (non-hydrogen) atoms. The van der Waals surface area contributed by atoms with Crippen LogP contribution in [0.4, 0.5) is 0 Å². The third kappa shape index (κ3) is 2.68. The van der Waals surface area contributed by atoms with E-state index in [0.717, 1.165) is 8.45 Å². The van der Waals surface area contributed by atoms with Crippen LogP contribution >= 0.6 is 34.1 Å². The van der Waals surface area contributed by atoms with Crippen LogP contribution in [0.3, 0.4) is 0 Å². The zero-order chi connectivity index (χ0) is 9.80. The van der Waals surface area contributed by atoms with E-state index >= 15 is 0 Å². The molecule has 0 spiro atoms. The van der Waals surface area contributed by atoms with Gasteiger partial charge >= 0.3 is 0 Å². The fourth-order valence-corrected chi connectivity index (χ4v) is 2.04. The van der Waals surface area contributed by atoms with Gasteiger partial charge in [0, 0.05) is 6.07 Å². The largest absolute Gasteiger partial charge is 0.472 e. The number of hydrogen-bond acceptors (Lipinski definition) is 3. The summed E-state index contributed by atoms with van der Waals surface area (Å²) in [6, 6.07) is 12.0. The van der Waals surface area contributed by atoms with Crippen molar-refractivity contribution in [3.8, 4) is 5.88 Å². The molecule has 0 aliphatic carbocycles. The van der Waals surface area contributed by atoms with E-state index in [2.05, 4.69) is 27.0 Å². The van der Waals surface area contributed by atoms with E-state index in [1.165, 1.54) is 11.5 Å². The third-order valence-corrected chi connectivity index (χ3v) is 3.16. The summed E-state index contributed by atoms with van der Waals surface area (Å²) in [6.07, 6.45) is 0. The molecule has 2 nitrogen and oxygen atoms in total. The van der Waals surface area contributed by atoms with Gasteiger partial charge in [-0.05, 0) is 39.7 Å². The van der Waals surface area contributed by atoms with Crippen molar-refractivity contribution < 1.29 is 4.74 Å². The zero-order valence-electron chi connectivity index (χ0n) is 7.31. The Labute approximate surface area is 100 Å². The average Bonchev–Trinajstić information content (AvgIpc) is 2.63. The van der Waals surface area contributed by atoms with Crippen LogP contribution in [0.15, 0.2) is 36.4 Å². The van der Waals surface area contributed by atoms with E-state index in [4.69, 9.17) is 4.74 Å². The lowest BCUT2D eigenvalue weighted by atomic mass is 10.2. The molecule has 0 fully saturated rings. The van der Waals surface area contributed by atoms with Crippen molar-refractivity contribution in [2.75, 3.05) is 0 Å². The fraction of sp³-hybridized carbons (Fsp3) is 0.100. The van der Waals surface area contributed by atoms with Crippen LogP contribution in [-0.4, -0.2) is 4.37 Å². The van der Waals surface area contributed by atoms with Gasteiger partial charge in [0.2, 0.25) is 5.88 Å². The summed E-state index contributed by atoms with van der Waals surface area (Å²) >= 11 is 3.68. The first-order valence-electron chi connectivity index (χ1n) is 4.13. The molecule has 1 aromatic carbocycles. The Hall–Kier alpha value is -0.620. The second kappa shape index (κ2) is 4.75. The molecule has 0 aliphatic rings. The average molecular weight is 317 g/mol. The minimum absolute atomic E-state index is 0.584. The molecule has 0 N–H and O–H groups in total. The molecule has 2 aromatic rings. The minimum atomic E-state index is 0.584. The molecule has 0 atom stereocenters. The molecule has 1 aromatic heterocycles. The Balaban J connectivity index is 1.95. The Morgan fingerprint density at radius 3 is 2.71 bits per heavy atom. The zero-order valence-corrected chi connectivity index (χ0v) is 10.3. The van der Waals surface area contributed by atoms with Crippen LogP contribution in [0.2, 0.25) is 0 Å². The minimum Gasteiger partial charge on any atom is -0.472 e. The highest BCUT2D eigenvalue weighted by molar-refractivity contribution is 14.1. The molecule has 0 saturated heterocycles. The topological polar surface area (TPSA) is 22.1 Å². The Morgan fingerprint density at radius 1 is 1.29 bits per heavy atom. The van der Waals surface area contributed by atoms with E-state index in [0.29, 0.717) is 12.5 Å². The lowest BCUT2D eigenvalue weighted by Gasteiger charge is -2.01. The summed E-state index contributed by atoms with van der Waals surface area (Å²) < 4.78 is 10.8. The first-order chi connectivity index (χ1) is 6.84. The molecule has 0 bridgehead atoms. The van der Waals surface area contributed by atoms with E-state index in [1.54, 1.807) is 0 Å². The van der Waals surface area contributed by atoms with Crippen molar-refractivity contribution in [3.05, 3.63) is 44.8 Å². The molecule has 72 valence electrons. The number of rotatable bonds is 3. The summed E-state index contributed by atoms with van der Waals surface area (Å²) in [6.45, 7) is 0.584. The van der Waals surface area contributed by atoms with E-state index in [9.17, 15) is 0 Å². The van der Waals surface area contributed by atoms with Gasteiger partial charge in [-0.25, -0.2) is 0 Å². The third-order valence-electron chi connectivity index (χ3n) is 1.69. The summed E-state index contributed by atoms with van der Waals surface area (Å²) in [5.74, 6) is 0.711. The lowest BCUT2D eigenvalue weighted by Crippen LogP contribution is -1.94. The summed E-state index contributed by atoms with van der Waals surface area (Å²) in [5.41, 5.74) is 1.16. The fourth-order valence-electron chi connectivity index (χ4n) is 1.04. The van der Waals surface area contributed by atoms with Crippen molar-refractivity contribution >= 4 is 34.1 Å². The Kier molecular flexibility index (Phi) is 3.36. The number of nitrogens with zero attached hydrogens (tertiary/aromatic N) is 1. The van der Waals surface area contributed by atoms with Gasteiger partial charge in [0.25, 0.3) is 0 Å². The van der Waals surface area contributed by atoms with Crippen molar-refractivity contribution in [2.45, 2.75) is 6.61 Å². The van der Waals surface area contributed by atoms with Crippen molar-refractivity contribution in [2.24, 2.45) is 0 Å². The molecule has 0 saturated carbocycles. The van der Waals surface area contributed by atoms with E-state index in [-0.39, 0.29) is 0 Å². The predicted octanol–water partition coefficient (Wildman–Crippen LogP) is 3.33. The number of benzene rings is 1. The monoisotopic (exact) mass is 317 g/mol. The van der Waals surface area contributed by atoms with Crippen LogP contribution in [0, 0.1) is 2.88 Å². The van der Waals surface area contributed by atoms with Crippen molar-refractivity contribution in [1.82, 2.24) is 4.37 Å². The van der Waals surface area contributed by atoms with Crippen LogP contribution in [0.5, 0.6) is 5.88 Å². The maximum atomic E-state index is 5.51. The molecule has 0 amide bonds. The second-order valence-corrected chi connectivity index (χ2v) is 5.44. The highest BCUT2D eigenvalue weighted by Gasteiger charge is 1.99. The molecule has 2 rings (SSSR count). The quantitative estimate of drug-likeness (QED) is 0.810. The van der Waals surface area contributed by atoms with Crippen LogP contribution in [-0.2, 0) is 6.61 Å². The standard InChI is InChI=1S/C10H8INOS/c11-9-6-10(12-14-9)13-7-8-4-2-1-3-5-8/h1-6H,7H2. The van der Waals surface area contributed by atoms with Crippen LogP contribution in [0.25, 0.3) is 0 Å². The normalized spacial score (nSPS) is 10.1. The first kappa shape index (κ1) is 9.92. The van der Waals surface area contributed by atoms with Crippen molar-refractivity contribution in [3.63, 3.8) is 0 Å². The van der Waals surface area contributed by atoms with E-state index < -0.39 is 0 Å². The van der Waals surface area contributed by atoms with Gasteiger partial charge in [-0.15, -0.1) is 0 Å². The van der Waals surface area contributed by atoms with Gasteiger partial charge in [0.1, 0.15) is 6.61 Å². The molecule has 0 aliphatic heterocycles. The van der Waals surface area contributed by atoms with Gasteiger partial charge in [0.05, 0.1) is 2.88 Å². The second-order valence-electron chi connectivity index (χ2n) is 2.74. The van der Waals surface area contributed by atoms with Crippen LogP contribution < -0.4 is 4.74 Å². The molecular formula is C10H8INOS.